The molecule has 3 aliphatic rings. The summed E-state index contributed by atoms with van der Waals surface area (Å²) >= 11 is 0. The number of ether oxygens (including phenoxy) is 1. The van der Waals surface area contributed by atoms with Crippen LogP contribution >= 0.6 is 0 Å². The molecular weight excluding hydrogens is 288 g/mol. The molecule has 2 N–H and O–H groups in total. The molecule has 0 bridgehead atoms. The number of fused-ring (bicyclic) bond motifs is 3. The fourth-order valence-electron chi connectivity index (χ4n) is 6.59. The van der Waals surface area contributed by atoms with Gasteiger partial charge in [0, 0.05) is 6.61 Å². The minimum absolute atomic E-state index is 0.0211. The summed E-state index contributed by atoms with van der Waals surface area (Å²) in [6, 6.07) is 0. The Hall–Kier alpha value is -0.380. The van der Waals surface area contributed by atoms with Gasteiger partial charge in [0.2, 0.25) is 0 Å². The standard InChI is InChI=1S/C20H34O3/c1-5-20(14-22)12-8-16-18(3)10-6-9-17(2,13-21)15(18)7-11-19(16,4)23-20/h5,15-16,21-22H,1,6-14H2,2-4H3/t15-,16+,17-,18-,19+,20+/m1/s1. The molecule has 0 unspecified atom stereocenters. The third kappa shape index (κ3) is 2.42. The molecule has 1 aliphatic heterocycles. The molecule has 23 heavy (non-hydrogen) atoms. The number of hydrogen-bond acceptors (Lipinski definition) is 3. The SMILES string of the molecule is C=C[C@@]1(CO)CC[C@H]2[C@]3(C)CCC[C@](C)(CO)[C@H]3CC[C@]2(C)O1. The largest absolute Gasteiger partial charge is 0.396 e. The quantitative estimate of drug-likeness (QED) is 0.779. The molecule has 0 radical (unpaired) electrons. The van der Waals surface area contributed by atoms with Gasteiger partial charge in [0.1, 0.15) is 5.60 Å². The Labute approximate surface area is 141 Å². The minimum atomic E-state index is -0.566. The maximum absolute atomic E-state index is 10.0. The highest BCUT2D eigenvalue weighted by Gasteiger charge is 2.62. The Morgan fingerprint density at radius 3 is 2.30 bits per heavy atom. The molecule has 0 aromatic rings. The lowest BCUT2D eigenvalue weighted by Gasteiger charge is -2.65. The van der Waals surface area contributed by atoms with E-state index in [-0.39, 0.29) is 23.0 Å². The van der Waals surface area contributed by atoms with Crippen LogP contribution in [0.3, 0.4) is 0 Å². The van der Waals surface area contributed by atoms with Crippen LogP contribution in [-0.4, -0.2) is 34.6 Å². The lowest BCUT2D eigenvalue weighted by molar-refractivity contribution is -0.266. The summed E-state index contributed by atoms with van der Waals surface area (Å²) in [5.41, 5.74) is -0.471. The smallest absolute Gasteiger partial charge is 0.110 e. The van der Waals surface area contributed by atoms with E-state index in [2.05, 4.69) is 27.4 Å². The van der Waals surface area contributed by atoms with Crippen LogP contribution in [0.15, 0.2) is 12.7 Å². The van der Waals surface area contributed by atoms with Gasteiger partial charge in [-0.15, -0.1) is 6.58 Å². The molecule has 3 rings (SSSR count). The molecule has 6 atom stereocenters. The van der Waals surface area contributed by atoms with Crippen molar-refractivity contribution in [1.29, 1.82) is 0 Å². The van der Waals surface area contributed by atoms with Gasteiger partial charge in [0.15, 0.2) is 0 Å². The molecule has 132 valence electrons. The number of aliphatic hydroxyl groups excluding tert-OH is 2. The molecule has 3 heteroatoms. The molecule has 1 saturated heterocycles. The van der Waals surface area contributed by atoms with Crippen LogP contribution in [0.25, 0.3) is 0 Å². The molecule has 0 spiro atoms. The summed E-state index contributed by atoms with van der Waals surface area (Å²) in [4.78, 5) is 0. The van der Waals surface area contributed by atoms with E-state index in [1.165, 1.54) is 12.8 Å². The van der Waals surface area contributed by atoms with Gasteiger partial charge >= 0.3 is 0 Å². The van der Waals surface area contributed by atoms with Gasteiger partial charge in [-0.1, -0.05) is 26.3 Å². The first-order chi connectivity index (χ1) is 10.8. The van der Waals surface area contributed by atoms with E-state index in [4.69, 9.17) is 4.74 Å². The van der Waals surface area contributed by atoms with Gasteiger partial charge in [-0.05, 0) is 68.1 Å². The van der Waals surface area contributed by atoms with Crippen LogP contribution in [-0.2, 0) is 4.74 Å². The summed E-state index contributed by atoms with van der Waals surface area (Å²) in [5.74, 6) is 1.07. The van der Waals surface area contributed by atoms with Crippen molar-refractivity contribution in [2.45, 2.75) is 76.9 Å². The first kappa shape index (κ1) is 17.4. The minimum Gasteiger partial charge on any atom is -0.396 e. The van der Waals surface area contributed by atoms with Gasteiger partial charge < -0.3 is 14.9 Å². The van der Waals surface area contributed by atoms with Crippen molar-refractivity contribution in [2.75, 3.05) is 13.2 Å². The van der Waals surface area contributed by atoms with E-state index in [1.807, 2.05) is 6.08 Å². The van der Waals surface area contributed by atoms with Crippen molar-refractivity contribution in [3.05, 3.63) is 12.7 Å². The van der Waals surface area contributed by atoms with Crippen molar-refractivity contribution >= 4 is 0 Å². The van der Waals surface area contributed by atoms with Crippen molar-refractivity contribution in [1.82, 2.24) is 0 Å². The number of rotatable bonds is 3. The molecule has 1 heterocycles. The van der Waals surface area contributed by atoms with Crippen LogP contribution in [0.5, 0.6) is 0 Å². The van der Waals surface area contributed by atoms with Crippen LogP contribution in [0, 0.1) is 22.7 Å². The molecular formula is C20H34O3. The Morgan fingerprint density at radius 2 is 1.70 bits per heavy atom. The van der Waals surface area contributed by atoms with E-state index >= 15 is 0 Å². The zero-order valence-corrected chi connectivity index (χ0v) is 15.1. The molecule has 0 amide bonds. The highest BCUT2D eigenvalue weighted by Crippen LogP contribution is 2.65. The average Bonchev–Trinajstić information content (AvgIpc) is 2.53. The van der Waals surface area contributed by atoms with Crippen molar-refractivity contribution in [3.8, 4) is 0 Å². The topological polar surface area (TPSA) is 49.7 Å². The highest BCUT2D eigenvalue weighted by molar-refractivity contribution is 5.13. The molecule has 0 aromatic carbocycles. The first-order valence-electron chi connectivity index (χ1n) is 9.33. The summed E-state index contributed by atoms with van der Waals surface area (Å²) in [6.07, 6.45) is 9.44. The summed E-state index contributed by atoms with van der Waals surface area (Å²) in [7, 11) is 0. The van der Waals surface area contributed by atoms with Crippen molar-refractivity contribution in [2.24, 2.45) is 22.7 Å². The van der Waals surface area contributed by atoms with Gasteiger partial charge in [-0.25, -0.2) is 0 Å². The second-order valence-corrected chi connectivity index (χ2v) is 9.20. The lowest BCUT2D eigenvalue weighted by Crippen LogP contribution is -2.64. The zero-order valence-electron chi connectivity index (χ0n) is 15.1. The Morgan fingerprint density at radius 1 is 1.00 bits per heavy atom. The van der Waals surface area contributed by atoms with Crippen molar-refractivity contribution < 1.29 is 14.9 Å². The summed E-state index contributed by atoms with van der Waals surface area (Å²) < 4.78 is 6.55. The zero-order chi connectivity index (χ0) is 16.9. The Balaban J connectivity index is 1.94. The molecule has 2 saturated carbocycles. The molecule has 0 aromatic heterocycles. The maximum atomic E-state index is 10.0. The van der Waals surface area contributed by atoms with E-state index in [0.717, 1.165) is 32.1 Å². The predicted molar refractivity (Wildman–Crippen MR) is 92.1 cm³/mol. The summed E-state index contributed by atoms with van der Waals surface area (Å²) in [6.45, 7) is 11.2. The third-order valence-corrected chi connectivity index (χ3v) is 7.86. The van der Waals surface area contributed by atoms with E-state index < -0.39 is 5.60 Å². The van der Waals surface area contributed by atoms with Crippen LogP contribution < -0.4 is 0 Å². The monoisotopic (exact) mass is 322 g/mol. The highest BCUT2D eigenvalue weighted by atomic mass is 16.5. The number of hydrogen-bond donors (Lipinski definition) is 2. The van der Waals surface area contributed by atoms with Crippen LogP contribution in [0.1, 0.15) is 65.7 Å². The van der Waals surface area contributed by atoms with Gasteiger partial charge in [0.05, 0.1) is 12.2 Å². The van der Waals surface area contributed by atoms with Crippen molar-refractivity contribution in [3.63, 3.8) is 0 Å². The van der Waals surface area contributed by atoms with Gasteiger partial charge in [-0.2, -0.15) is 0 Å². The lowest BCUT2D eigenvalue weighted by atomic mass is 9.44. The van der Waals surface area contributed by atoms with Crippen LogP contribution in [0.4, 0.5) is 0 Å². The Kier molecular flexibility index (Phi) is 4.23. The fraction of sp³-hybridized carbons (Fsp3) is 0.900. The van der Waals surface area contributed by atoms with Gasteiger partial charge in [-0.3, -0.25) is 0 Å². The normalized spacial score (nSPS) is 53.3. The molecule has 3 nitrogen and oxygen atoms in total. The first-order valence-corrected chi connectivity index (χ1v) is 9.33. The van der Waals surface area contributed by atoms with Crippen LogP contribution in [0.2, 0.25) is 0 Å². The average molecular weight is 322 g/mol. The Bertz CT molecular complexity index is 478. The molecule has 2 aliphatic carbocycles. The summed E-state index contributed by atoms with van der Waals surface area (Å²) in [5, 5.41) is 19.9. The van der Waals surface area contributed by atoms with E-state index in [1.54, 1.807) is 0 Å². The van der Waals surface area contributed by atoms with E-state index in [9.17, 15) is 10.2 Å². The maximum Gasteiger partial charge on any atom is 0.110 e. The third-order valence-electron chi connectivity index (χ3n) is 7.86. The van der Waals surface area contributed by atoms with Gasteiger partial charge in [0.25, 0.3) is 0 Å². The molecule has 3 fully saturated rings. The second-order valence-electron chi connectivity index (χ2n) is 9.20. The predicted octanol–water partition coefficient (Wildman–Crippen LogP) is 3.69. The number of aliphatic hydroxyl groups is 2. The second kappa shape index (κ2) is 5.57. The fourth-order valence-corrected chi connectivity index (χ4v) is 6.59. The van der Waals surface area contributed by atoms with E-state index in [0.29, 0.717) is 18.4 Å².